The Kier molecular flexibility index (Phi) is 3.54. The molecular weight excluding hydrogens is 217 g/mol. The summed E-state index contributed by atoms with van der Waals surface area (Å²) < 4.78 is 15.5. The van der Waals surface area contributed by atoms with Crippen molar-refractivity contribution in [2.45, 2.75) is 13.3 Å². The zero-order chi connectivity index (χ0) is 12.3. The third-order valence-electron chi connectivity index (χ3n) is 2.77. The first kappa shape index (κ1) is 11.8. The molecule has 2 aromatic rings. The van der Waals surface area contributed by atoms with Crippen molar-refractivity contribution in [3.63, 3.8) is 0 Å². The molecule has 1 N–H and O–H groups in total. The van der Waals surface area contributed by atoms with Gasteiger partial charge in [-0.15, -0.1) is 0 Å². The lowest BCUT2D eigenvalue weighted by Crippen LogP contribution is -2.11. The van der Waals surface area contributed by atoms with Gasteiger partial charge in [-0.3, -0.25) is 0 Å². The van der Waals surface area contributed by atoms with Crippen LogP contribution in [0.1, 0.15) is 11.1 Å². The van der Waals surface area contributed by atoms with Gasteiger partial charge in [-0.05, 0) is 38.6 Å². The zero-order valence-electron chi connectivity index (χ0n) is 10.1. The number of hydrogen-bond donors (Lipinski definition) is 1. The number of benzene rings is 1. The Morgan fingerprint density at radius 2 is 2.12 bits per heavy atom. The van der Waals surface area contributed by atoms with Crippen LogP contribution in [0.4, 0.5) is 4.39 Å². The molecule has 90 valence electrons. The molecule has 0 atom stereocenters. The van der Waals surface area contributed by atoms with Gasteiger partial charge in [0.25, 0.3) is 0 Å². The predicted octanol–water partition coefficient (Wildman–Crippen LogP) is 2.08. The Labute approximate surface area is 100 Å². The number of nitrogens with one attached hydrogen (secondary N) is 1. The van der Waals surface area contributed by atoms with E-state index in [1.165, 1.54) is 4.68 Å². The van der Waals surface area contributed by atoms with E-state index in [2.05, 4.69) is 10.4 Å². The second kappa shape index (κ2) is 5.10. The first-order valence-corrected chi connectivity index (χ1v) is 5.67. The summed E-state index contributed by atoms with van der Waals surface area (Å²) in [6.07, 6.45) is 2.24. The van der Waals surface area contributed by atoms with Crippen molar-refractivity contribution in [2.75, 3.05) is 13.6 Å². The van der Waals surface area contributed by atoms with Crippen molar-refractivity contribution >= 4 is 0 Å². The average Bonchev–Trinajstić information content (AvgIpc) is 2.69. The van der Waals surface area contributed by atoms with E-state index in [0.29, 0.717) is 12.0 Å². The number of nitrogens with zero attached hydrogens (tertiary/aromatic N) is 2. The van der Waals surface area contributed by atoms with Gasteiger partial charge < -0.3 is 5.32 Å². The maximum absolute atomic E-state index is 14.1. The van der Waals surface area contributed by atoms with E-state index in [4.69, 9.17) is 0 Å². The maximum atomic E-state index is 14.1. The van der Waals surface area contributed by atoms with Crippen LogP contribution in [-0.4, -0.2) is 23.4 Å². The number of likely N-dealkylation sites (N-methyl/N-ethyl adjacent to an activating group) is 1. The summed E-state index contributed by atoms with van der Waals surface area (Å²) in [6, 6.07) is 7.63. The highest BCUT2D eigenvalue weighted by molar-refractivity contribution is 5.39. The molecule has 4 heteroatoms. The van der Waals surface area contributed by atoms with Gasteiger partial charge in [0, 0.05) is 5.56 Å². The lowest BCUT2D eigenvalue weighted by atomic mass is 10.2. The first-order valence-electron chi connectivity index (χ1n) is 5.67. The number of aromatic nitrogens is 2. The molecule has 0 aliphatic rings. The standard InChI is InChI=1S/C13H16FN3/c1-10-5-3-4-6-12(10)17-13(14)11(9-16-17)7-8-15-2/h3-6,9,15H,7-8H2,1-2H3. The van der Waals surface area contributed by atoms with Crippen LogP contribution in [0.2, 0.25) is 0 Å². The summed E-state index contributed by atoms with van der Waals surface area (Å²) in [5, 5.41) is 7.11. The van der Waals surface area contributed by atoms with Gasteiger partial charge in [0.2, 0.25) is 5.95 Å². The molecule has 1 heterocycles. The van der Waals surface area contributed by atoms with Crippen molar-refractivity contribution < 1.29 is 4.39 Å². The number of rotatable bonds is 4. The second-order valence-electron chi connectivity index (χ2n) is 4.01. The highest BCUT2D eigenvalue weighted by Gasteiger charge is 2.12. The summed E-state index contributed by atoms with van der Waals surface area (Å²) in [7, 11) is 1.85. The molecule has 0 radical (unpaired) electrons. The molecule has 1 aromatic carbocycles. The molecule has 0 bridgehead atoms. The molecule has 1 aromatic heterocycles. The Morgan fingerprint density at radius 1 is 1.35 bits per heavy atom. The number of para-hydroxylation sites is 1. The van der Waals surface area contributed by atoms with E-state index in [9.17, 15) is 4.39 Å². The lowest BCUT2D eigenvalue weighted by molar-refractivity contribution is 0.524. The minimum Gasteiger partial charge on any atom is -0.319 e. The van der Waals surface area contributed by atoms with Crippen molar-refractivity contribution in [1.82, 2.24) is 15.1 Å². The van der Waals surface area contributed by atoms with Gasteiger partial charge in [-0.2, -0.15) is 9.49 Å². The summed E-state index contributed by atoms with van der Waals surface area (Å²) in [4.78, 5) is 0. The normalized spacial score (nSPS) is 10.8. The number of aryl methyl sites for hydroxylation is 1. The minimum atomic E-state index is -0.269. The Bertz CT molecular complexity index is 505. The van der Waals surface area contributed by atoms with Crippen LogP contribution in [0.15, 0.2) is 30.5 Å². The van der Waals surface area contributed by atoms with E-state index < -0.39 is 0 Å². The quantitative estimate of drug-likeness (QED) is 0.876. The Hall–Kier alpha value is -1.68. The van der Waals surface area contributed by atoms with Crippen molar-refractivity contribution in [3.05, 3.63) is 47.5 Å². The van der Waals surface area contributed by atoms with Crippen LogP contribution < -0.4 is 5.32 Å². The molecule has 0 aliphatic carbocycles. The zero-order valence-corrected chi connectivity index (χ0v) is 10.1. The summed E-state index contributed by atoms with van der Waals surface area (Å²) in [5.41, 5.74) is 2.44. The van der Waals surface area contributed by atoms with E-state index in [0.717, 1.165) is 17.8 Å². The van der Waals surface area contributed by atoms with Gasteiger partial charge in [0.15, 0.2) is 0 Å². The topological polar surface area (TPSA) is 29.9 Å². The predicted molar refractivity (Wildman–Crippen MR) is 65.9 cm³/mol. The molecule has 2 rings (SSSR count). The van der Waals surface area contributed by atoms with Gasteiger partial charge >= 0.3 is 0 Å². The fraction of sp³-hybridized carbons (Fsp3) is 0.308. The molecule has 0 fully saturated rings. The highest BCUT2D eigenvalue weighted by Crippen LogP contribution is 2.16. The summed E-state index contributed by atoms with van der Waals surface area (Å²) >= 11 is 0. The molecule has 0 spiro atoms. The van der Waals surface area contributed by atoms with Crippen LogP contribution in [0.3, 0.4) is 0 Å². The minimum absolute atomic E-state index is 0.269. The van der Waals surface area contributed by atoms with E-state index in [1.54, 1.807) is 6.20 Å². The SMILES string of the molecule is CNCCc1cnn(-c2ccccc2C)c1F. The van der Waals surface area contributed by atoms with Crippen LogP contribution in [0, 0.1) is 12.9 Å². The third-order valence-corrected chi connectivity index (χ3v) is 2.77. The monoisotopic (exact) mass is 233 g/mol. The van der Waals surface area contributed by atoms with E-state index in [-0.39, 0.29) is 5.95 Å². The molecule has 0 amide bonds. The fourth-order valence-electron chi connectivity index (χ4n) is 1.76. The van der Waals surface area contributed by atoms with Crippen LogP contribution >= 0.6 is 0 Å². The molecule has 0 unspecified atom stereocenters. The molecule has 0 aliphatic heterocycles. The van der Waals surface area contributed by atoms with Gasteiger partial charge in [-0.25, -0.2) is 4.68 Å². The van der Waals surface area contributed by atoms with E-state index in [1.807, 2.05) is 38.2 Å². The smallest absolute Gasteiger partial charge is 0.219 e. The third kappa shape index (κ3) is 2.36. The van der Waals surface area contributed by atoms with Crippen LogP contribution in [0.5, 0.6) is 0 Å². The molecule has 3 nitrogen and oxygen atoms in total. The van der Waals surface area contributed by atoms with Crippen LogP contribution in [0.25, 0.3) is 5.69 Å². The average molecular weight is 233 g/mol. The van der Waals surface area contributed by atoms with E-state index >= 15 is 0 Å². The molecule has 0 saturated heterocycles. The van der Waals surface area contributed by atoms with Crippen LogP contribution in [-0.2, 0) is 6.42 Å². The number of halogens is 1. The van der Waals surface area contributed by atoms with Gasteiger partial charge in [0.05, 0.1) is 11.9 Å². The van der Waals surface area contributed by atoms with Crippen molar-refractivity contribution in [1.29, 1.82) is 0 Å². The number of hydrogen-bond acceptors (Lipinski definition) is 2. The summed E-state index contributed by atoms with van der Waals surface area (Å²) in [5.74, 6) is -0.269. The lowest BCUT2D eigenvalue weighted by Gasteiger charge is -2.06. The second-order valence-corrected chi connectivity index (χ2v) is 4.01. The summed E-state index contributed by atoms with van der Waals surface area (Å²) in [6.45, 7) is 2.69. The molecule has 17 heavy (non-hydrogen) atoms. The van der Waals surface area contributed by atoms with Gasteiger partial charge in [0.1, 0.15) is 0 Å². The molecular formula is C13H16FN3. The van der Waals surface area contributed by atoms with Crippen molar-refractivity contribution in [3.8, 4) is 5.69 Å². The van der Waals surface area contributed by atoms with Crippen molar-refractivity contribution in [2.24, 2.45) is 0 Å². The van der Waals surface area contributed by atoms with Gasteiger partial charge in [-0.1, -0.05) is 18.2 Å². The fourth-order valence-corrected chi connectivity index (χ4v) is 1.76. The Morgan fingerprint density at radius 3 is 2.82 bits per heavy atom. The first-order chi connectivity index (χ1) is 8.24. The largest absolute Gasteiger partial charge is 0.319 e. The highest BCUT2D eigenvalue weighted by atomic mass is 19.1. The maximum Gasteiger partial charge on any atom is 0.219 e. The molecule has 0 saturated carbocycles. The Balaban J connectivity index is 2.34.